The number of hydrogen-bond donors (Lipinski definition) is 5. The van der Waals surface area contributed by atoms with Crippen LogP contribution in [0.15, 0.2) is 77.3 Å². The second kappa shape index (κ2) is 12.9. The van der Waals surface area contributed by atoms with E-state index in [-0.39, 0.29) is 29.5 Å². The number of primary amides is 1. The quantitative estimate of drug-likeness (QED) is 0.206. The number of carbonyl (C=O) groups is 3. The number of allylic oxidation sites excluding steroid dienone is 1. The van der Waals surface area contributed by atoms with Crippen molar-refractivity contribution in [3.63, 3.8) is 0 Å². The smallest absolute Gasteiger partial charge is 0.255 e. The summed E-state index contributed by atoms with van der Waals surface area (Å²) in [4.78, 5) is 41.9. The zero-order valence-corrected chi connectivity index (χ0v) is 28.0. The van der Waals surface area contributed by atoms with Crippen LogP contribution < -0.4 is 10.5 Å². The van der Waals surface area contributed by atoms with E-state index >= 15 is 0 Å². The summed E-state index contributed by atoms with van der Waals surface area (Å²) in [5, 5.41) is 46.3. The second-order valence-corrected chi connectivity index (χ2v) is 12.9. The lowest BCUT2D eigenvalue weighted by atomic mass is 9.58. The number of hydrogen-bond acceptors (Lipinski definition) is 9. The fourth-order valence-corrected chi connectivity index (χ4v) is 7.30. The van der Waals surface area contributed by atoms with E-state index in [4.69, 9.17) is 10.5 Å². The average molecular weight is 673 g/mol. The number of benzene rings is 3. The Labute approximate surface area is 289 Å². The molecule has 6 rings (SSSR count). The highest BCUT2D eigenvalue weighted by atomic mass is 16.5. The van der Waals surface area contributed by atoms with Crippen LogP contribution in [-0.4, -0.2) is 75.6 Å². The number of phenols is 1. The number of nitrogens with two attached hydrogens (primary N) is 1. The van der Waals surface area contributed by atoms with Gasteiger partial charge in [-0.05, 0) is 92.9 Å². The fraction of sp³-hybridized carbons (Fsp3) is 0.275. The number of phenolic OH excluding ortho intramolecular Hbond substituents is 1. The molecule has 3 aromatic rings. The minimum absolute atomic E-state index is 0.0309. The number of likely N-dealkylation sites (N-methyl/N-ethyl adjacent to an activating group) is 1. The van der Waals surface area contributed by atoms with Gasteiger partial charge in [0.2, 0.25) is 5.78 Å². The van der Waals surface area contributed by atoms with Crippen LogP contribution in [0.4, 0.5) is 0 Å². The van der Waals surface area contributed by atoms with Crippen LogP contribution in [0.5, 0.6) is 11.5 Å². The predicted molar refractivity (Wildman–Crippen MR) is 184 cm³/mol. The normalized spacial score (nSPS) is 22.5. The number of ketones is 2. The zero-order chi connectivity index (χ0) is 36.1. The lowest BCUT2D eigenvalue weighted by Crippen LogP contribution is -2.63. The van der Waals surface area contributed by atoms with E-state index in [2.05, 4.69) is 30.6 Å². The molecule has 0 radical (unpaired) electrons. The van der Waals surface area contributed by atoms with E-state index in [1.165, 1.54) is 4.90 Å². The third-order valence-corrected chi connectivity index (χ3v) is 9.86. The predicted octanol–water partition coefficient (Wildman–Crippen LogP) is 3.49. The summed E-state index contributed by atoms with van der Waals surface area (Å²) in [6, 6.07) is 15.3. The van der Waals surface area contributed by atoms with Gasteiger partial charge in [-0.2, -0.15) is 0 Å². The standard InChI is InChI=1S/C40H36N2O8/c1-5-21-6-8-22(9-7-21)10-14-24-18-25(15-11-23-12-16-27(50-4)17-13-23)34(43)31-28(24)19-26-20-29-33(42(2)3)36(45)32(39(41)48)38(47)40(29,49)37(46)30(26)35(31)44/h6-9,12-13,16-18,26,29,33,43,45-46,49H,5,19-20H2,1-4H3,(H2,41,48)/t26-,29-,33-,40-/m0/s1. The SMILES string of the molecule is CCc1ccc(C#Cc2cc(C#Cc3ccc(OC)cc3)c(O)c3c2C[C@H]2C[C@H]4[C@H](N(C)C)C(O)=C(C(N)=O)C(=O)[C@@]4(O)C(O)=C2C3=O)cc1. The number of aliphatic hydroxyl groups excluding tert-OH is 2. The van der Waals surface area contributed by atoms with Crippen molar-refractivity contribution >= 4 is 17.5 Å². The van der Waals surface area contributed by atoms with Crippen LogP contribution in [0.2, 0.25) is 0 Å². The van der Waals surface area contributed by atoms with Crippen molar-refractivity contribution in [1.82, 2.24) is 4.90 Å². The maximum Gasteiger partial charge on any atom is 0.255 e. The summed E-state index contributed by atoms with van der Waals surface area (Å²) in [5.41, 5.74) is 4.91. The van der Waals surface area contributed by atoms with Crippen molar-refractivity contribution in [2.45, 2.75) is 37.8 Å². The first-order chi connectivity index (χ1) is 23.8. The van der Waals surface area contributed by atoms with E-state index in [0.29, 0.717) is 22.4 Å². The minimum Gasteiger partial charge on any atom is -0.510 e. The molecule has 0 fully saturated rings. The molecule has 3 aliphatic rings. The average Bonchev–Trinajstić information content (AvgIpc) is 3.09. The molecule has 254 valence electrons. The van der Waals surface area contributed by atoms with Crippen LogP contribution >= 0.6 is 0 Å². The molecule has 0 unspecified atom stereocenters. The number of aryl methyl sites for hydroxylation is 1. The third kappa shape index (κ3) is 5.49. The van der Waals surface area contributed by atoms with Crippen molar-refractivity contribution in [3.8, 4) is 35.2 Å². The molecular formula is C40H36N2O8. The Morgan fingerprint density at radius 3 is 2.12 bits per heavy atom. The molecule has 10 heteroatoms. The van der Waals surface area contributed by atoms with Crippen LogP contribution in [0, 0.1) is 35.5 Å². The number of rotatable bonds is 4. The van der Waals surface area contributed by atoms with Crippen LogP contribution in [0.3, 0.4) is 0 Å². The van der Waals surface area contributed by atoms with Crippen molar-refractivity contribution in [2.75, 3.05) is 21.2 Å². The lowest BCUT2D eigenvalue weighted by molar-refractivity contribution is -0.148. The summed E-state index contributed by atoms with van der Waals surface area (Å²) < 4.78 is 5.21. The molecule has 0 aliphatic heterocycles. The Bertz CT molecular complexity index is 2140. The summed E-state index contributed by atoms with van der Waals surface area (Å²) >= 11 is 0. The summed E-state index contributed by atoms with van der Waals surface area (Å²) in [5.74, 6) is 5.64. The fourth-order valence-electron chi connectivity index (χ4n) is 7.30. The van der Waals surface area contributed by atoms with Crippen molar-refractivity contribution in [2.24, 2.45) is 17.6 Å². The first-order valence-electron chi connectivity index (χ1n) is 16.1. The number of ether oxygens (including phenoxy) is 1. The van der Waals surface area contributed by atoms with Gasteiger partial charge in [0.1, 0.15) is 28.6 Å². The number of nitrogens with zero attached hydrogens (tertiary/aromatic N) is 1. The highest BCUT2D eigenvalue weighted by Gasteiger charge is 2.63. The maximum absolute atomic E-state index is 14.4. The lowest BCUT2D eigenvalue weighted by Gasteiger charge is -2.50. The Morgan fingerprint density at radius 2 is 1.56 bits per heavy atom. The Kier molecular flexibility index (Phi) is 8.79. The van der Waals surface area contributed by atoms with Gasteiger partial charge in [-0.15, -0.1) is 0 Å². The minimum atomic E-state index is -2.74. The molecule has 10 nitrogen and oxygen atoms in total. The third-order valence-electron chi connectivity index (χ3n) is 9.86. The van der Waals surface area contributed by atoms with Crippen LogP contribution in [-0.2, 0) is 22.4 Å². The van der Waals surface area contributed by atoms with Gasteiger partial charge in [-0.3, -0.25) is 19.3 Å². The molecule has 6 N–H and O–H groups in total. The number of methoxy groups -OCH3 is 1. The van der Waals surface area contributed by atoms with Gasteiger partial charge in [-0.1, -0.05) is 42.7 Å². The van der Waals surface area contributed by atoms with Gasteiger partial charge in [0.05, 0.1) is 24.3 Å². The van der Waals surface area contributed by atoms with Gasteiger partial charge >= 0.3 is 0 Å². The zero-order valence-electron chi connectivity index (χ0n) is 28.0. The largest absolute Gasteiger partial charge is 0.510 e. The number of aliphatic hydroxyl groups is 3. The molecule has 0 saturated heterocycles. The molecule has 0 saturated carbocycles. The van der Waals surface area contributed by atoms with Crippen molar-refractivity contribution < 1.29 is 39.5 Å². The Hall–Kier alpha value is -5.81. The van der Waals surface area contributed by atoms with E-state index in [1.54, 1.807) is 51.5 Å². The summed E-state index contributed by atoms with van der Waals surface area (Å²) in [7, 11) is 4.72. The number of amides is 1. The van der Waals surface area contributed by atoms with E-state index in [0.717, 1.165) is 17.5 Å². The molecular weight excluding hydrogens is 636 g/mol. The molecule has 0 bridgehead atoms. The van der Waals surface area contributed by atoms with Gasteiger partial charge in [0.25, 0.3) is 5.91 Å². The molecule has 3 aliphatic carbocycles. The highest BCUT2D eigenvalue weighted by Crippen LogP contribution is 2.52. The van der Waals surface area contributed by atoms with Crippen LogP contribution in [0.1, 0.15) is 57.1 Å². The molecule has 4 atom stereocenters. The van der Waals surface area contributed by atoms with Gasteiger partial charge in [-0.25, -0.2) is 0 Å². The monoisotopic (exact) mass is 672 g/mol. The van der Waals surface area contributed by atoms with Gasteiger partial charge < -0.3 is 30.9 Å². The first kappa shape index (κ1) is 34.1. The molecule has 1 amide bonds. The van der Waals surface area contributed by atoms with E-state index in [9.17, 15) is 34.8 Å². The van der Waals surface area contributed by atoms with Crippen molar-refractivity contribution in [3.05, 3.63) is 116 Å². The summed E-state index contributed by atoms with van der Waals surface area (Å²) in [6.45, 7) is 2.06. The highest BCUT2D eigenvalue weighted by molar-refractivity contribution is 6.24. The number of carbonyl (C=O) groups excluding carboxylic acids is 3. The molecule has 3 aromatic carbocycles. The van der Waals surface area contributed by atoms with E-state index in [1.807, 2.05) is 24.3 Å². The maximum atomic E-state index is 14.4. The summed E-state index contributed by atoms with van der Waals surface area (Å²) in [6.07, 6.45) is 0.944. The molecule has 0 spiro atoms. The number of Topliss-reactive ketones (excluding diaryl/α,β-unsaturated/α-hetero) is 2. The number of fused-ring (bicyclic) bond motifs is 3. The molecule has 0 heterocycles. The number of aromatic hydroxyl groups is 1. The van der Waals surface area contributed by atoms with Gasteiger partial charge in [0, 0.05) is 28.2 Å². The second-order valence-electron chi connectivity index (χ2n) is 12.9. The molecule has 50 heavy (non-hydrogen) atoms. The van der Waals surface area contributed by atoms with Crippen molar-refractivity contribution in [1.29, 1.82) is 0 Å². The Morgan fingerprint density at radius 1 is 0.960 bits per heavy atom. The van der Waals surface area contributed by atoms with Crippen LogP contribution in [0.25, 0.3) is 0 Å². The van der Waals surface area contributed by atoms with Gasteiger partial charge in [0.15, 0.2) is 11.4 Å². The Balaban J connectivity index is 1.54. The topological polar surface area (TPSA) is 171 Å². The molecule has 0 aromatic heterocycles. The first-order valence-corrected chi connectivity index (χ1v) is 16.1. The van der Waals surface area contributed by atoms with E-state index < -0.39 is 63.8 Å².